The van der Waals surface area contributed by atoms with Crippen LogP contribution in [0.25, 0.3) is 5.65 Å². The third-order valence-electron chi connectivity index (χ3n) is 3.42. The second-order valence-electron chi connectivity index (χ2n) is 5.48. The molecule has 0 aliphatic carbocycles. The smallest absolute Gasteiger partial charge is 0.253 e. The number of hydrogen-bond acceptors (Lipinski definition) is 5. The zero-order chi connectivity index (χ0) is 17.4. The maximum absolute atomic E-state index is 13.7. The number of halogens is 2. The maximum atomic E-state index is 13.7. The van der Waals surface area contributed by atoms with Gasteiger partial charge in [-0.25, -0.2) is 8.78 Å². The van der Waals surface area contributed by atoms with E-state index in [4.69, 9.17) is 0 Å². The summed E-state index contributed by atoms with van der Waals surface area (Å²) in [7, 11) is 0. The van der Waals surface area contributed by atoms with Crippen LogP contribution in [0.1, 0.15) is 46.4 Å². The third kappa shape index (κ3) is 2.66. The zero-order valence-corrected chi connectivity index (χ0v) is 12.8. The zero-order valence-electron chi connectivity index (χ0n) is 12.8. The molecule has 0 aliphatic rings. The summed E-state index contributed by atoms with van der Waals surface area (Å²) in [5.74, 6) is -3.49. The quantitative estimate of drug-likeness (QED) is 0.543. The molecule has 6 nitrogen and oxygen atoms in total. The van der Waals surface area contributed by atoms with E-state index in [-0.39, 0.29) is 11.6 Å². The Hall–Kier alpha value is -3.03. The molecule has 3 rings (SSSR count). The number of benzene rings is 1. The Balaban J connectivity index is 2.01. The summed E-state index contributed by atoms with van der Waals surface area (Å²) < 4.78 is 28.0. The monoisotopic (exact) mass is 330 g/mol. The van der Waals surface area contributed by atoms with E-state index in [0.717, 1.165) is 12.1 Å². The lowest BCUT2D eigenvalue weighted by atomic mass is 10.0. The second-order valence-corrected chi connectivity index (χ2v) is 5.48. The molecule has 0 fully saturated rings. The van der Waals surface area contributed by atoms with Crippen molar-refractivity contribution in [2.75, 3.05) is 0 Å². The number of hydrogen-bond donors (Lipinski definition) is 0. The van der Waals surface area contributed by atoms with E-state index in [2.05, 4.69) is 15.3 Å². The lowest BCUT2D eigenvalue weighted by Crippen LogP contribution is -2.19. The van der Waals surface area contributed by atoms with Crippen molar-refractivity contribution in [1.82, 2.24) is 19.8 Å². The molecule has 2 heterocycles. The van der Waals surface area contributed by atoms with Gasteiger partial charge in [-0.15, -0.1) is 10.2 Å². The van der Waals surface area contributed by atoms with Gasteiger partial charge in [0.1, 0.15) is 17.3 Å². The highest BCUT2D eigenvalue weighted by molar-refractivity contribution is 6.48. The second kappa shape index (κ2) is 5.88. The van der Waals surface area contributed by atoms with Gasteiger partial charge in [-0.1, -0.05) is 13.8 Å². The lowest BCUT2D eigenvalue weighted by Gasteiger charge is -2.04. The van der Waals surface area contributed by atoms with Crippen LogP contribution in [0.2, 0.25) is 0 Å². The van der Waals surface area contributed by atoms with Crippen LogP contribution in [0.5, 0.6) is 0 Å². The molecule has 0 aliphatic heterocycles. The summed E-state index contributed by atoms with van der Waals surface area (Å²) in [6, 6.07) is 5.20. The molecule has 122 valence electrons. The highest BCUT2D eigenvalue weighted by Crippen LogP contribution is 2.15. The Morgan fingerprint density at radius 2 is 1.79 bits per heavy atom. The average molecular weight is 330 g/mol. The molecule has 8 heteroatoms. The fraction of sp³-hybridized carbons (Fsp3) is 0.188. The molecule has 0 bridgehead atoms. The molecule has 1 aromatic carbocycles. The maximum Gasteiger partial charge on any atom is 0.253 e. The van der Waals surface area contributed by atoms with Gasteiger partial charge in [0.2, 0.25) is 5.78 Å². The van der Waals surface area contributed by atoms with Crippen molar-refractivity contribution < 1.29 is 18.4 Å². The van der Waals surface area contributed by atoms with Crippen molar-refractivity contribution >= 4 is 17.2 Å². The molecule has 0 saturated carbocycles. The van der Waals surface area contributed by atoms with Crippen molar-refractivity contribution in [2.24, 2.45) is 0 Å². The topological polar surface area (TPSA) is 77.2 Å². The summed E-state index contributed by atoms with van der Waals surface area (Å²) in [6.07, 6.45) is 0. The van der Waals surface area contributed by atoms with Crippen molar-refractivity contribution in [3.8, 4) is 0 Å². The molecule has 0 unspecified atom stereocenters. The number of fused-ring (bicyclic) bond motifs is 1. The Bertz CT molecular complexity index is 966. The normalized spacial score (nSPS) is 11.2. The predicted octanol–water partition coefficient (Wildman–Crippen LogP) is 2.59. The highest BCUT2D eigenvalue weighted by atomic mass is 19.1. The van der Waals surface area contributed by atoms with Crippen LogP contribution in [0.4, 0.5) is 8.78 Å². The number of carbonyl (C=O) groups excluding carboxylic acids is 2. The Labute approximate surface area is 135 Å². The van der Waals surface area contributed by atoms with E-state index in [1.165, 1.54) is 16.6 Å². The number of nitrogens with zero attached hydrogens (tertiary/aromatic N) is 4. The standard InChI is InChI=1S/C16H12F2N4O2/c1-8(2)16-20-19-13-6-5-12(21-22(13)16)15(24)14(23)10-4-3-9(17)7-11(10)18/h3-8H,1-2H3. The number of aromatic nitrogens is 4. The molecular weight excluding hydrogens is 318 g/mol. The molecule has 0 amide bonds. The summed E-state index contributed by atoms with van der Waals surface area (Å²) in [6.45, 7) is 3.76. The van der Waals surface area contributed by atoms with Crippen LogP contribution in [0.3, 0.4) is 0 Å². The summed E-state index contributed by atoms with van der Waals surface area (Å²) in [5, 5.41) is 12.0. The van der Waals surface area contributed by atoms with E-state index < -0.39 is 28.8 Å². The number of rotatable bonds is 4. The van der Waals surface area contributed by atoms with Gasteiger partial charge in [-0.3, -0.25) is 9.59 Å². The molecule has 2 aromatic heterocycles. The van der Waals surface area contributed by atoms with Crippen LogP contribution < -0.4 is 0 Å². The molecule has 0 saturated heterocycles. The number of Topliss-reactive ketones (excluding diaryl/α,β-unsaturated/α-hetero) is 2. The molecular formula is C16H12F2N4O2. The highest BCUT2D eigenvalue weighted by Gasteiger charge is 2.24. The van der Waals surface area contributed by atoms with Gasteiger partial charge >= 0.3 is 0 Å². The van der Waals surface area contributed by atoms with Gasteiger partial charge in [-0.2, -0.15) is 9.61 Å². The number of ketones is 2. The first-order chi connectivity index (χ1) is 11.4. The summed E-state index contributed by atoms with van der Waals surface area (Å²) in [4.78, 5) is 24.5. The van der Waals surface area contributed by atoms with E-state index >= 15 is 0 Å². The van der Waals surface area contributed by atoms with Crippen LogP contribution in [0.15, 0.2) is 30.3 Å². The van der Waals surface area contributed by atoms with Crippen molar-refractivity contribution in [1.29, 1.82) is 0 Å². The molecule has 0 atom stereocenters. The van der Waals surface area contributed by atoms with Gasteiger partial charge < -0.3 is 0 Å². The fourth-order valence-corrected chi connectivity index (χ4v) is 2.20. The van der Waals surface area contributed by atoms with Gasteiger partial charge in [0.25, 0.3) is 5.78 Å². The minimum atomic E-state index is -1.10. The Morgan fingerprint density at radius 1 is 1.04 bits per heavy atom. The van der Waals surface area contributed by atoms with Gasteiger partial charge in [0, 0.05) is 12.0 Å². The van der Waals surface area contributed by atoms with E-state index in [9.17, 15) is 18.4 Å². The van der Waals surface area contributed by atoms with Gasteiger partial charge in [-0.05, 0) is 24.3 Å². The summed E-state index contributed by atoms with van der Waals surface area (Å²) in [5.41, 5.74) is -0.246. The molecule has 24 heavy (non-hydrogen) atoms. The van der Waals surface area contributed by atoms with E-state index in [1.54, 1.807) is 0 Å². The van der Waals surface area contributed by atoms with Crippen molar-refractivity contribution in [2.45, 2.75) is 19.8 Å². The predicted molar refractivity (Wildman–Crippen MR) is 79.9 cm³/mol. The number of carbonyl (C=O) groups is 2. The van der Waals surface area contributed by atoms with Gasteiger partial charge in [0.15, 0.2) is 11.5 Å². The van der Waals surface area contributed by atoms with Crippen molar-refractivity contribution in [3.05, 3.63) is 59.0 Å². The van der Waals surface area contributed by atoms with Crippen LogP contribution in [-0.4, -0.2) is 31.4 Å². The third-order valence-corrected chi connectivity index (χ3v) is 3.42. The molecule has 0 N–H and O–H groups in total. The Morgan fingerprint density at radius 3 is 2.46 bits per heavy atom. The molecule has 0 spiro atoms. The van der Waals surface area contributed by atoms with E-state index in [0.29, 0.717) is 17.5 Å². The molecule has 3 aromatic rings. The first-order valence-electron chi connectivity index (χ1n) is 7.15. The first-order valence-corrected chi connectivity index (χ1v) is 7.15. The summed E-state index contributed by atoms with van der Waals surface area (Å²) >= 11 is 0. The SMILES string of the molecule is CC(C)c1nnc2ccc(C(=O)C(=O)c3ccc(F)cc3F)nn12. The minimum absolute atomic E-state index is 0.00287. The van der Waals surface area contributed by atoms with Crippen LogP contribution >= 0.6 is 0 Å². The largest absolute Gasteiger partial charge is 0.285 e. The Kier molecular flexibility index (Phi) is 3.88. The van der Waals surface area contributed by atoms with Crippen LogP contribution in [-0.2, 0) is 0 Å². The lowest BCUT2D eigenvalue weighted by molar-refractivity contribution is 0.0810. The average Bonchev–Trinajstić information content (AvgIpc) is 2.96. The minimum Gasteiger partial charge on any atom is -0.285 e. The van der Waals surface area contributed by atoms with Crippen molar-refractivity contribution in [3.63, 3.8) is 0 Å². The van der Waals surface area contributed by atoms with E-state index in [1.807, 2.05) is 13.8 Å². The van der Waals surface area contributed by atoms with Gasteiger partial charge in [0.05, 0.1) is 5.56 Å². The molecule has 0 radical (unpaired) electrons. The van der Waals surface area contributed by atoms with Crippen LogP contribution in [0, 0.1) is 11.6 Å². The first kappa shape index (κ1) is 15.9. The fourth-order valence-electron chi connectivity index (χ4n) is 2.20.